The van der Waals surface area contributed by atoms with Crippen molar-refractivity contribution in [1.82, 2.24) is 9.78 Å². The van der Waals surface area contributed by atoms with Crippen molar-refractivity contribution in [2.24, 2.45) is 0 Å². The Kier molecular flexibility index (Phi) is 2.89. The molecule has 4 heteroatoms. The Labute approximate surface area is 118 Å². The average Bonchev–Trinajstić information content (AvgIpc) is 2.82. The lowest BCUT2D eigenvalue weighted by Crippen LogP contribution is -2.30. The Morgan fingerprint density at radius 1 is 1.25 bits per heavy atom. The molecule has 1 aromatic carbocycles. The van der Waals surface area contributed by atoms with Crippen molar-refractivity contribution < 1.29 is 4.79 Å². The number of nitrogens with one attached hydrogen (secondary N) is 1. The maximum atomic E-state index is 12.0. The third-order valence-electron chi connectivity index (χ3n) is 3.66. The van der Waals surface area contributed by atoms with E-state index in [1.165, 1.54) is 0 Å². The molecule has 4 nitrogen and oxygen atoms in total. The summed E-state index contributed by atoms with van der Waals surface area (Å²) < 4.78 is 1.90. The standard InChI is InChI=1S/C16H19N3O/c1-16(2,3)19-15-13(10-17-19)12(9-14(20)18-15)11-7-5-4-6-8-11/h4-8,10,12H,9H2,1-3H3,(H,18,20)/t12-/m1/s1. The van der Waals surface area contributed by atoms with Crippen LogP contribution in [0.3, 0.4) is 0 Å². The second kappa shape index (κ2) is 4.47. The van der Waals surface area contributed by atoms with Gasteiger partial charge in [-0.05, 0) is 26.3 Å². The van der Waals surface area contributed by atoms with Crippen LogP contribution in [0, 0.1) is 0 Å². The first-order valence-corrected chi connectivity index (χ1v) is 6.90. The fourth-order valence-corrected chi connectivity index (χ4v) is 2.71. The van der Waals surface area contributed by atoms with E-state index in [-0.39, 0.29) is 17.4 Å². The molecular formula is C16H19N3O. The minimum absolute atomic E-state index is 0.0531. The van der Waals surface area contributed by atoms with Gasteiger partial charge in [-0.1, -0.05) is 30.3 Å². The normalized spacial score (nSPS) is 18.6. The van der Waals surface area contributed by atoms with Crippen LogP contribution in [0.5, 0.6) is 0 Å². The molecule has 3 rings (SSSR count). The number of nitrogens with zero attached hydrogens (tertiary/aromatic N) is 2. The highest BCUT2D eigenvalue weighted by molar-refractivity contribution is 5.94. The van der Waals surface area contributed by atoms with Crippen molar-refractivity contribution in [3.63, 3.8) is 0 Å². The summed E-state index contributed by atoms with van der Waals surface area (Å²) in [4.78, 5) is 12.0. The summed E-state index contributed by atoms with van der Waals surface area (Å²) in [5, 5.41) is 7.46. The van der Waals surface area contributed by atoms with Crippen LogP contribution in [0.2, 0.25) is 0 Å². The van der Waals surface area contributed by atoms with Crippen molar-refractivity contribution in [2.45, 2.75) is 38.6 Å². The topological polar surface area (TPSA) is 46.9 Å². The number of carbonyl (C=O) groups is 1. The molecule has 2 heterocycles. The van der Waals surface area contributed by atoms with Crippen molar-refractivity contribution in [3.05, 3.63) is 47.7 Å². The quantitative estimate of drug-likeness (QED) is 0.864. The molecule has 2 aromatic rings. The fourth-order valence-electron chi connectivity index (χ4n) is 2.71. The summed E-state index contributed by atoms with van der Waals surface area (Å²) in [6.07, 6.45) is 2.37. The van der Waals surface area contributed by atoms with Crippen LogP contribution in [0.1, 0.15) is 44.2 Å². The number of hydrogen-bond acceptors (Lipinski definition) is 2. The summed E-state index contributed by atoms with van der Waals surface area (Å²) in [6, 6.07) is 10.2. The monoisotopic (exact) mass is 269 g/mol. The molecule has 1 N–H and O–H groups in total. The Morgan fingerprint density at radius 3 is 2.60 bits per heavy atom. The minimum atomic E-state index is -0.153. The van der Waals surface area contributed by atoms with Gasteiger partial charge in [-0.15, -0.1) is 0 Å². The van der Waals surface area contributed by atoms with Crippen molar-refractivity contribution in [3.8, 4) is 0 Å². The summed E-state index contributed by atoms with van der Waals surface area (Å²) >= 11 is 0. The van der Waals surface area contributed by atoms with Gasteiger partial charge in [0.2, 0.25) is 5.91 Å². The largest absolute Gasteiger partial charge is 0.311 e. The number of amides is 1. The van der Waals surface area contributed by atoms with Crippen LogP contribution in [0.15, 0.2) is 36.5 Å². The number of aromatic nitrogens is 2. The van der Waals surface area contributed by atoms with Crippen LogP contribution in [-0.4, -0.2) is 15.7 Å². The molecule has 0 saturated heterocycles. The molecule has 0 unspecified atom stereocenters. The lowest BCUT2D eigenvalue weighted by atomic mass is 9.87. The minimum Gasteiger partial charge on any atom is -0.311 e. The number of carbonyl (C=O) groups excluding carboxylic acids is 1. The maximum Gasteiger partial charge on any atom is 0.226 e. The van der Waals surface area contributed by atoms with E-state index in [0.29, 0.717) is 6.42 Å². The van der Waals surface area contributed by atoms with E-state index < -0.39 is 0 Å². The molecule has 20 heavy (non-hydrogen) atoms. The lowest BCUT2D eigenvalue weighted by molar-refractivity contribution is -0.116. The van der Waals surface area contributed by atoms with Gasteiger partial charge in [-0.2, -0.15) is 5.10 Å². The Bertz CT molecular complexity index is 637. The van der Waals surface area contributed by atoms with E-state index in [9.17, 15) is 4.79 Å². The van der Waals surface area contributed by atoms with Gasteiger partial charge in [0.1, 0.15) is 5.82 Å². The number of rotatable bonds is 1. The highest BCUT2D eigenvalue weighted by atomic mass is 16.1. The molecule has 1 atom stereocenters. The van der Waals surface area contributed by atoms with Gasteiger partial charge < -0.3 is 5.32 Å². The molecule has 1 aliphatic heterocycles. The van der Waals surface area contributed by atoms with Crippen LogP contribution in [-0.2, 0) is 10.3 Å². The Hall–Kier alpha value is -2.10. The Morgan fingerprint density at radius 2 is 1.95 bits per heavy atom. The first-order chi connectivity index (χ1) is 9.47. The van der Waals surface area contributed by atoms with E-state index in [1.807, 2.05) is 29.1 Å². The van der Waals surface area contributed by atoms with Gasteiger partial charge in [-0.25, -0.2) is 4.68 Å². The molecule has 0 saturated carbocycles. The maximum absolute atomic E-state index is 12.0. The van der Waals surface area contributed by atoms with Crippen LogP contribution >= 0.6 is 0 Å². The molecule has 0 bridgehead atoms. The predicted octanol–water partition coefficient (Wildman–Crippen LogP) is 3.11. The van der Waals surface area contributed by atoms with Crippen molar-refractivity contribution in [2.75, 3.05) is 5.32 Å². The van der Waals surface area contributed by atoms with E-state index in [0.717, 1.165) is 16.9 Å². The number of fused-ring (bicyclic) bond motifs is 1. The second-order valence-corrected chi connectivity index (χ2v) is 6.25. The molecule has 1 amide bonds. The second-order valence-electron chi connectivity index (χ2n) is 6.25. The first kappa shape index (κ1) is 12.9. The average molecular weight is 269 g/mol. The molecule has 0 spiro atoms. The zero-order chi connectivity index (χ0) is 14.3. The van der Waals surface area contributed by atoms with Gasteiger partial charge in [0.15, 0.2) is 0 Å². The molecule has 1 aromatic heterocycles. The summed E-state index contributed by atoms with van der Waals surface area (Å²) in [5.41, 5.74) is 2.11. The Balaban J connectivity index is 2.11. The van der Waals surface area contributed by atoms with Gasteiger partial charge in [0, 0.05) is 17.9 Å². The zero-order valence-corrected chi connectivity index (χ0v) is 12.1. The number of hydrogen-bond donors (Lipinski definition) is 1. The number of anilines is 1. The van der Waals surface area contributed by atoms with E-state index in [1.54, 1.807) is 0 Å². The highest BCUT2D eigenvalue weighted by Gasteiger charge is 2.32. The summed E-state index contributed by atoms with van der Waals surface area (Å²) in [5.74, 6) is 0.982. The van der Waals surface area contributed by atoms with E-state index in [2.05, 4.69) is 43.3 Å². The van der Waals surface area contributed by atoms with Crippen LogP contribution < -0.4 is 5.32 Å². The predicted molar refractivity (Wildman–Crippen MR) is 78.8 cm³/mol. The zero-order valence-electron chi connectivity index (χ0n) is 12.1. The lowest BCUT2D eigenvalue weighted by Gasteiger charge is -2.28. The third kappa shape index (κ3) is 2.11. The summed E-state index contributed by atoms with van der Waals surface area (Å²) in [7, 11) is 0. The van der Waals surface area contributed by atoms with Gasteiger partial charge in [0.05, 0.1) is 11.7 Å². The highest BCUT2D eigenvalue weighted by Crippen LogP contribution is 2.38. The van der Waals surface area contributed by atoms with E-state index >= 15 is 0 Å². The number of benzene rings is 1. The van der Waals surface area contributed by atoms with Crippen molar-refractivity contribution in [1.29, 1.82) is 0 Å². The smallest absolute Gasteiger partial charge is 0.226 e. The SMILES string of the molecule is CC(C)(C)n1ncc2c1NC(=O)C[C@@H]2c1ccccc1. The van der Waals surface area contributed by atoms with Gasteiger partial charge in [-0.3, -0.25) is 4.79 Å². The molecular weight excluding hydrogens is 250 g/mol. The van der Waals surface area contributed by atoms with E-state index in [4.69, 9.17) is 0 Å². The molecule has 0 fully saturated rings. The molecule has 1 aliphatic rings. The molecule has 0 radical (unpaired) electrons. The van der Waals surface area contributed by atoms with Crippen LogP contribution in [0.4, 0.5) is 5.82 Å². The molecule has 104 valence electrons. The van der Waals surface area contributed by atoms with Crippen molar-refractivity contribution >= 4 is 11.7 Å². The first-order valence-electron chi connectivity index (χ1n) is 6.90. The molecule has 0 aliphatic carbocycles. The third-order valence-corrected chi connectivity index (χ3v) is 3.66. The van der Waals surface area contributed by atoms with Gasteiger partial charge >= 0.3 is 0 Å². The fraction of sp³-hybridized carbons (Fsp3) is 0.375. The summed E-state index contributed by atoms with van der Waals surface area (Å²) in [6.45, 7) is 6.25. The van der Waals surface area contributed by atoms with Crippen LogP contribution in [0.25, 0.3) is 0 Å². The van der Waals surface area contributed by atoms with Gasteiger partial charge in [0.25, 0.3) is 0 Å².